The Labute approximate surface area is 120 Å². The lowest BCUT2D eigenvalue weighted by Gasteiger charge is -2.39. The number of rotatable bonds is 3. The van der Waals surface area contributed by atoms with Crippen molar-refractivity contribution in [3.63, 3.8) is 0 Å². The number of benzene rings is 1. The van der Waals surface area contributed by atoms with Crippen molar-refractivity contribution in [2.45, 2.75) is 64.3 Å². The second-order valence-electron chi connectivity index (χ2n) is 6.73. The number of aliphatic imine (C=N–C) groups is 1. The third-order valence-corrected chi connectivity index (χ3v) is 4.33. The third-order valence-electron chi connectivity index (χ3n) is 4.33. The molecule has 1 fully saturated rings. The van der Waals surface area contributed by atoms with Crippen molar-refractivity contribution >= 4 is 6.08 Å². The van der Waals surface area contributed by atoms with Gasteiger partial charge in [-0.25, -0.2) is 4.79 Å². The number of aryl methyl sites for hydroxylation is 1. The van der Waals surface area contributed by atoms with Crippen molar-refractivity contribution < 1.29 is 9.90 Å². The smallest absolute Gasteiger partial charge is 0.235 e. The molecule has 1 aliphatic rings. The molecule has 0 amide bonds. The molecule has 20 heavy (non-hydrogen) atoms. The van der Waals surface area contributed by atoms with Gasteiger partial charge in [0.1, 0.15) is 11.3 Å². The van der Waals surface area contributed by atoms with E-state index < -0.39 is 5.54 Å². The van der Waals surface area contributed by atoms with Gasteiger partial charge in [-0.15, -0.1) is 0 Å². The number of phenols is 1. The van der Waals surface area contributed by atoms with Crippen molar-refractivity contribution in [1.29, 1.82) is 0 Å². The molecule has 0 radical (unpaired) electrons. The first kappa shape index (κ1) is 14.8. The minimum Gasteiger partial charge on any atom is -0.507 e. The number of phenolic OH excluding ortho intramolecular Hbond substituents is 1. The summed E-state index contributed by atoms with van der Waals surface area (Å²) in [6.45, 7) is 8.35. The summed E-state index contributed by atoms with van der Waals surface area (Å²) < 4.78 is 0. The van der Waals surface area contributed by atoms with Crippen LogP contribution in [0.1, 0.15) is 63.6 Å². The zero-order valence-corrected chi connectivity index (χ0v) is 12.8. The standard InChI is InChI=1S/C17H23NO2/c1-5-12-9-13(16(2,3)4)15(20)14(10-12)17(18-11-19)7-6-8-17/h9-10,20H,5-8H2,1-4H3. The maximum atomic E-state index is 10.8. The molecule has 0 aromatic heterocycles. The topological polar surface area (TPSA) is 49.7 Å². The number of isocyanates is 1. The molecule has 3 nitrogen and oxygen atoms in total. The maximum absolute atomic E-state index is 10.8. The molecule has 0 saturated heterocycles. The molecular formula is C17H23NO2. The quantitative estimate of drug-likeness (QED) is 0.669. The van der Waals surface area contributed by atoms with Gasteiger partial charge < -0.3 is 5.11 Å². The number of aromatic hydroxyl groups is 1. The molecule has 0 heterocycles. The van der Waals surface area contributed by atoms with Crippen molar-refractivity contribution in [3.05, 3.63) is 28.8 Å². The average Bonchev–Trinajstić information content (AvgIpc) is 2.33. The van der Waals surface area contributed by atoms with Crippen LogP contribution in [-0.2, 0) is 22.2 Å². The summed E-state index contributed by atoms with van der Waals surface area (Å²) in [5.74, 6) is 0.299. The fraction of sp³-hybridized carbons (Fsp3) is 0.588. The van der Waals surface area contributed by atoms with E-state index >= 15 is 0 Å². The molecule has 1 aliphatic carbocycles. The van der Waals surface area contributed by atoms with E-state index in [0.717, 1.165) is 36.8 Å². The van der Waals surface area contributed by atoms with Gasteiger partial charge in [-0.05, 0) is 48.3 Å². The SMILES string of the molecule is CCc1cc(C(C)(C)C)c(O)c(C2(N=C=O)CCC2)c1. The van der Waals surface area contributed by atoms with Gasteiger partial charge in [0.2, 0.25) is 6.08 Å². The van der Waals surface area contributed by atoms with E-state index in [1.165, 1.54) is 5.56 Å². The fourth-order valence-corrected chi connectivity index (χ4v) is 2.87. The number of hydrogen-bond donors (Lipinski definition) is 1. The molecule has 1 aromatic carbocycles. The van der Waals surface area contributed by atoms with Crippen LogP contribution in [0, 0.1) is 0 Å². The zero-order chi connectivity index (χ0) is 15.0. The normalized spacial score (nSPS) is 17.2. The maximum Gasteiger partial charge on any atom is 0.235 e. The highest BCUT2D eigenvalue weighted by Gasteiger charge is 2.42. The van der Waals surface area contributed by atoms with Gasteiger partial charge in [-0.1, -0.05) is 33.8 Å². The Kier molecular flexibility index (Phi) is 3.75. The van der Waals surface area contributed by atoms with Gasteiger partial charge in [-0.3, -0.25) is 0 Å². The van der Waals surface area contributed by atoms with E-state index in [-0.39, 0.29) is 5.41 Å². The van der Waals surface area contributed by atoms with E-state index in [9.17, 15) is 9.90 Å². The van der Waals surface area contributed by atoms with Crippen LogP contribution < -0.4 is 0 Å². The molecule has 0 atom stereocenters. The fourth-order valence-electron chi connectivity index (χ4n) is 2.87. The lowest BCUT2D eigenvalue weighted by molar-refractivity contribution is 0.246. The Morgan fingerprint density at radius 2 is 2.00 bits per heavy atom. The molecule has 0 unspecified atom stereocenters. The summed E-state index contributed by atoms with van der Waals surface area (Å²) in [6.07, 6.45) is 5.25. The molecule has 1 N–H and O–H groups in total. The Balaban J connectivity index is 2.67. The minimum absolute atomic E-state index is 0.139. The van der Waals surface area contributed by atoms with Crippen LogP contribution in [0.3, 0.4) is 0 Å². The lowest BCUT2D eigenvalue weighted by atomic mass is 9.70. The van der Waals surface area contributed by atoms with Crippen LogP contribution in [0.15, 0.2) is 17.1 Å². The van der Waals surface area contributed by atoms with Crippen LogP contribution in [-0.4, -0.2) is 11.2 Å². The summed E-state index contributed by atoms with van der Waals surface area (Å²) in [4.78, 5) is 14.8. The highest BCUT2D eigenvalue weighted by molar-refractivity contribution is 5.52. The first-order valence-corrected chi connectivity index (χ1v) is 7.30. The molecule has 108 valence electrons. The Morgan fingerprint density at radius 1 is 1.35 bits per heavy atom. The summed E-state index contributed by atoms with van der Waals surface area (Å²) in [7, 11) is 0. The molecule has 2 rings (SSSR count). The number of carbonyl (C=O) groups excluding carboxylic acids is 1. The summed E-state index contributed by atoms with van der Waals surface area (Å²) in [5.41, 5.74) is 2.22. The number of nitrogens with zero attached hydrogens (tertiary/aromatic N) is 1. The zero-order valence-electron chi connectivity index (χ0n) is 12.8. The second kappa shape index (κ2) is 5.06. The van der Waals surface area contributed by atoms with E-state index in [2.05, 4.69) is 38.8 Å². The van der Waals surface area contributed by atoms with Crippen LogP contribution >= 0.6 is 0 Å². The van der Waals surface area contributed by atoms with E-state index in [1.807, 2.05) is 6.07 Å². The predicted molar refractivity (Wildman–Crippen MR) is 79.8 cm³/mol. The second-order valence-corrected chi connectivity index (χ2v) is 6.73. The average molecular weight is 273 g/mol. The molecule has 3 heteroatoms. The van der Waals surface area contributed by atoms with Gasteiger partial charge in [0.25, 0.3) is 0 Å². The van der Waals surface area contributed by atoms with Gasteiger partial charge in [0.05, 0.1) is 0 Å². The highest BCUT2D eigenvalue weighted by Crippen LogP contribution is 2.50. The molecule has 1 saturated carbocycles. The van der Waals surface area contributed by atoms with E-state index in [0.29, 0.717) is 5.75 Å². The molecule has 0 aliphatic heterocycles. The van der Waals surface area contributed by atoms with Crippen molar-refractivity contribution in [3.8, 4) is 5.75 Å². The van der Waals surface area contributed by atoms with Gasteiger partial charge in [0, 0.05) is 5.56 Å². The Morgan fingerprint density at radius 3 is 2.40 bits per heavy atom. The summed E-state index contributed by atoms with van der Waals surface area (Å²) in [5, 5.41) is 10.7. The first-order valence-electron chi connectivity index (χ1n) is 7.30. The molecule has 1 aromatic rings. The van der Waals surface area contributed by atoms with Gasteiger partial charge >= 0.3 is 0 Å². The minimum atomic E-state index is -0.545. The third kappa shape index (κ3) is 2.38. The molecule has 0 spiro atoms. The largest absolute Gasteiger partial charge is 0.507 e. The van der Waals surface area contributed by atoms with Crippen LogP contribution in [0.2, 0.25) is 0 Å². The van der Waals surface area contributed by atoms with Crippen molar-refractivity contribution in [2.24, 2.45) is 4.99 Å². The van der Waals surface area contributed by atoms with Crippen molar-refractivity contribution in [2.75, 3.05) is 0 Å². The van der Waals surface area contributed by atoms with Gasteiger partial charge in [-0.2, -0.15) is 4.99 Å². The molecular weight excluding hydrogens is 250 g/mol. The van der Waals surface area contributed by atoms with Crippen molar-refractivity contribution in [1.82, 2.24) is 0 Å². The number of hydrogen-bond acceptors (Lipinski definition) is 3. The Hall–Kier alpha value is -1.60. The first-order chi connectivity index (χ1) is 9.34. The van der Waals surface area contributed by atoms with E-state index in [1.54, 1.807) is 6.08 Å². The Bertz CT molecular complexity index is 559. The summed E-state index contributed by atoms with van der Waals surface area (Å²) in [6, 6.07) is 4.07. The monoisotopic (exact) mass is 273 g/mol. The highest BCUT2D eigenvalue weighted by atomic mass is 16.3. The van der Waals surface area contributed by atoms with Gasteiger partial charge in [0.15, 0.2) is 0 Å². The summed E-state index contributed by atoms with van der Waals surface area (Å²) >= 11 is 0. The lowest BCUT2D eigenvalue weighted by Crippen LogP contribution is -2.32. The van der Waals surface area contributed by atoms with E-state index in [4.69, 9.17) is 0 Å². The predicted octanol–water partition coefficient (Wildman–Crippen LogP) is 3.97. The van der Waals surface area contributed by atoms with Crippen LogP contribution in [0.5, 0.6) is 5.75 Å². The van der Waals surface area contributed by atoms with Crippen LogP contribution in [0.25, 0.3) is 0 Å². The molecule has 0 bridgehead atoms. The van der Waals surface area contributed by atoms with Crippen LogP contribution in [0.4, 0.5) is 0 Å².